The average molecular weight is 398 g/mol. The van der Waals surface area contributed by atoms with Gasteiger partial charge in [0.05, 0.1) is 6.54 Å². The summed E-state index contributed by atoms with van der Waals surface area (Å²) in [4.78, 5) is 4.27. The van der Waals surface area contributed by atoms with Crippen molar-refractivity contribution in [2.75, 3.05) is 7.05 Å². The van der Waals surface area contributed by atoms with Crippen molar-refractivity contribution in [2.24, 2.45) is 0 Å². The van der Waals surface area contributed by atoms with E-state index in [-0.39, 0.29) is 6.10 Å². The number of hydrogen-bond acceptors (Lipinski definition) is 5. The monoisotopic (exact) mass is 397 g/mol. The van der Waals surface area contributed by atoms with Gasteiger partial charge in [0.25, 0.3) is 0 Å². The molecule has 0 unspecified atom stereocenters. The zero-order valence-corrected chi connectivity index (χ0v) is 16.6. The van der Waals surface area contributed by atoms with Crippen LogP contribution in [0.5, 0.6) is 5.88 Å². The maximum Gasteiger partial charge on any atom is 0.213 e. The molecule has 0 bridgehead atoms. The summed E-state index contributed by atoms with van der Waals surface area (Å²) in [6.45, 7) is 0.660. The largest absolute Gasteiger partial charge is 0.474 e. The van der Waals surface area contributed by atoms with Gasteiger partial charge in [-0.15, -0.1) is 10.2 Å². The zero-order valence-electron chi connectivity index (χ0n) is 15.9. The Morgan fingerprint density at radius 1 is 1.07 bits per heavy atom. The van der Waals surface area contributed by atoms with Crippen molar-refractivity contribution in [3.05, 3.63) is 65.3 Å². The maximum absolute atomic E-state index is 6.07. The van der Waals surface area contributed by atoms with E-state index in [4.69, 9.17) is 16.3 Å². The highest BCUT2D eigenvalue weighted by molar-refractivity contribution is 6.30. The zero-order chi connectivity index (χ0) is 19.3. The van der Waals surface area contributed by atoms with Crippen molar-refractivity contribution < 1.29 is 4.74 Å². The third-order valence-electron chi connectivity index (χ3n) is 5.14. The maximum atomic E-state index is 6.07. The summed E-state index contributed by atoms with van der Waals surface area (Å²) in [7, 11) is 1.92. The van der Waals surface area contributed by atoms with E-state index in [1.54, 1.807) is 6.20 Å². The SMILES string of the molecule is CNCc1nnc([C@H]2CC[C@H](Oc3ccccn3)CC2)n1-c1ccc(Cl)cc1. The van der Waals surface area contributed by atoms with Crippen molar-refractivity contribution in [2.45, 2.75) is 44.2 Å². The number of ether oxygens (including phenoxy) is 1. The summed E-state index contributed by atoms with van der Waals surface area (Å²) in [5.41, 5.74) is 1.04. The third kappa shape index (κ3) is 4.18. The minimum Gasteiger partial charge on any atom is -0.474 e. The van der Waals surface area contributed by atoms with E-state index >= 15 is 0 Å². The minimum absolute atomic E-state index is 0.204. The summed E-state index contributed by atoms with van der Waals surface area (Å²) < 4.78 is 8.20. The van der Waals surface area contributed by atoms with Crippen molar-refractivity contribution >= 4 is 11.6 Å². The van der Waals surface area contributed by atoms with E-state index in [0.29, 0.717) is 18.3 Å². The fourth-order valence-electron chi connectivity index (χ4n) is 3.77. The molecular formula is C21H24ClN5O. The van der Waals surface area contributed by atoms with Crippen LogP contribution in [0.25, 0.3) is 5.69 Å². The molecule has 1 fully saturated rings. The standard InChI is InChI=1S/C21H24ClN5O/c1-23-14-19-25-26-21(27(19)17-9-7-16(22)8-10-17)15-5-11-18(12-6-15)28-20-4-2-3-13-24-20/h2-4,7-10,13,15,18,23H,5-6,11-12,14H2,1H3/t15-,18-. The summed E-state index contributed by atoms with van der Waals surface area (Å²) in [5.74, 6) is 2.99. The lowest BCUT2D eigenvalue weighted by Gasteiger charge is -2.28. The van der Waals surface area contributed by atoms with Gasteiger partial charge in [-0.05, 0) is 63.1 Å². The Morgan fingerprint density at radius 3 is 2.54 bits per heavy atom. The van der Waals surface area contributed by atoms with Gasteiger partial charge in [0, 0.05) is 28.9 Å². The van der Waals surface area contributed by atoms with Crippen LogP contribution in [0.15, 0.2) is 48.7 Å². The first-order valence-corrected chi connectivity index (χ1v) is 10.0. The second-order valence-electron chi connectivity index (χ2n) is 7.08. The van der Waals surface area contributed by atoms with Gasteiger partial charge in [-0.3, -0.25) is 4.57 Å². The molecule has 0 atom stereocenters. The molecule has 1 aromatic carbocycles. The first-order valence-electron chi connectivity index (χ1n) is 9.67. The number of nitrogens with zero attached hydrogens (tertiary/aromatic N) is 4. The Bertz CT molecular complexity index is 889. The summed E-state index contributed by atoms with van der Waals surface area (Å²) >= 11 is 6.07. The predicted molar refractivity (Wildman–Crippen MR) is 109 cm³/mol. The van der Waals surface area contributed by atoms with Crippen molar-refractivity contribution in [3.63, 3.8) is 0 Å². The number of halogens is 1. The number of aromatic nitrogens is 4. The van der Waals surface area contributed by atoms with Gasteiger partial charge in [-0.25, -0.2) is 4.98 Å². The molecule has 0 saturated heterocycles. The van der Waals surface area contributed by atoms with E-state index in [9.17, 15) is 0 Å². The Labute approximate surface area is 169 Å². The van der Waals surface area contributed by atoms with E-state index in [0.717, 1.165) is 48.0 Å². The molecule has 2 aromatic heterocycles. The molecule has 146 valence electrons. The molecule has 2 heterocycles. The van der Waals surface area contributed by atoms with Crippen molar-refractivity contribution in [1.29, 1.82) is 0 Å². The normalized spacial score (nSPS) is 19.5. The lowest BCUT2D eigenvalue weighted by molar-refractivity contribution is 0.139. The molecule has 0 aliphatic heterocycles. The van der Waals surface area contributed by atoms with Gasteiger partial charge in [-0.2, -0.15) is 0 Å². The molecule has 1 saturated carbocycles. The van der Waals surface area contributed by atoms with Crippen molar-refractivity contribution in [1.82, 2.24) is 25.1 Å². The van der Waals surface area contributed by atoms with Crippen LogP contribution in [-0.2, 0) is 6.54 Å². The van der Waals surface area contributed by atoms with Crippen LogP contribution in [-0.4, -0.2) is 32.9 Å². The van der Waals surface area contributed by atoms with Gasteiger partial charge >= 0.3 is 0 Å². The van der Waals surface area contributed by atoms with Crippen LogP contribution in [0, 0.1) is 0 Å². The molecule has 1 N–H and O–H groups in total. The summed E-state index contributed by atoms with van der Waals surface area (Å²) in [6, 6.07) is 13.6. The molecule has 0 radical (unpaired) electrons. The molecule has 6 nitrogen and oxygen atoms in total. The van der Waals surface area contributed by atoms with E-state index in [2.05, 4.69) is 25.1 Å². The lowest BCUT2D eigenvalue weighted by atomic mass is 9.86. The molecule has 0 amide bonds. The molecule has 0 spiro atoms. The third-order valence-corrected chi connectivity index (χ3v) is 5.39. The lowest BCUT2D eigenvalue weighted by Crippen LogP contribution is -2.25. The van der Waals surface area contributed by atoms with Gasteiger partial charge < -0.3 is 10.1 Å². The van der Waals surface area contributed by atoms with Crippen LogP contribution in [0.4, 0.5) is 0 Å². The van der Waals surface area contributed by atoms with Crippen LogP contribution in [0.1, 0.15) is 43.3 Å². The minimum atomic E-state index is 0.204. The van der Waals surface area contributed by atoms with E-state index in [1.807, 2.05) is 49.5 Å². The highest BCUT2D eigenvalue weighted by Gasteiger charge is 2.28. The Kier molecular flexibility index (Phi) is 5.88. The molecule has 3 aromatic rings. The molecular weight excluding hydrogens is 374 g/mol. The van der Waals surface area contributed by atoms with E-state index in [1.165, 1.54) is 0 Å². The fraction of sp³-hybridized carbons (Fsp3) is 0.381. The van der Waals surface area contributed by atoms with Gasteiger partial charge in [0.2, 0.25) is 5.88 Å². The second kappa shape index (κ2) is 8.71. The van der Waals surface area contributed by atoms with Gasteiger partial charge in [0.15, 0.2) is 5.82 Å². The van der Waals surface area contributed by atoms with E-state index < -0.39 is 0 Å². The molecule has 4 rings (SSSR count). The second-order valence-corrected chi connectivity index (χ2v) is 7.51. The number of nitrogens with one attached hydrogen (secondary N) is 1. The highest BCUT2D eigenvalue weighted by atomic mass is 35.5. The number of rotatable bonds is 6. The summed E-state index contributed by atoms with van der Waals surface area (Å²) in [5, 5.41) is 12.9. The van der Waals surface area contributed by atoms with Crippen molar-refractivity contribution in [3.8, 4) is 11.6 Å². The summed E-state index contributed by atoms with van der Waals surface area (Å²) in [6.07, 6.45) is 5.96. The van der Waals surface area contributed by atoms with Crippen LogP contribution in [0.3, 0.4) is 0 Å². The molecule has 7 heteroatoms. The van der Waals surface area contributed by atoms with Crippen LogP contribution >= 0.6 is 11.6 Å². The quantitative estimate of drug-likeness (QED) is 0.677. The predicted octanol–water partition coefficient (Wildman–Crippen LogP) is 4.14. The fourth-order valence-corrected chi connectivity index (χ4v) is 3.89. The number of benzene rings is 1. The smallest absolute Gasteiger partial charge is 0.213 e. The van der Waals surface area contributed by atoms with Gasteiger partial charge in [0.1, 0.15) is 11.9 Å². The Hall–Kier alpha value is -2.44. The Morgan fingerprint density at radius 2 is 1.86 bits per heavy atom. The number of pyridine rings is 1. The first-order chi connectivity index (χ1) is 13.7. The first kappa shape index (κ1) is 18.9. The van der Waals surface area contributed by atoms with Crippen LogP contribution in [0.2, 0.25) is 5.02 Å². The van der Waals surface area contributed by atoms with Gasteiger partial charge in [-0.1, -0.05) is 17.7 Å². The van der Waals surface area contributed by atoms with Crippen LogP contribution < -0.4 is 10.1 Å². The highest BCUT2D eigenvalue weighted by Crippen LogP contribution is 2.35. The topological polar surface area (TPSA) is 64.9 Å². The molecule has 1 aliphatic rings. The molecule has 28 heavy (non-hydrogen) atoms. The molecule has 1 aliphatic carbocycles. The average Bonchev–Trinajstić information content (AvgIpc) is 3.14. The Balaban J connectivity index is 1.51. The number of hydrogen-bond donors (Lipinski definition) is 1.